The molecule has 1 amide bonds. The first-order chi connectivity index (χ1) is 18.5. The van der Waals surface area contributed by atoms with Crippen LogP contribution in [0.1, 0.15) is 57.0 Å². The number of hydrogen-bond donors (Lipinski definition) is 5. The van der Waals surface area contributed by atoms with Crippen molar-refractivity contribution in [2.24, 2.45) is 40.2 Å². The third-order valence-electron chi connectivity index (χ3n) is 10.3. The number of phenolic OH excluding ortho intramolecular Hbond substituents is 1. The first-order valence-corrected chi connectivity index (χ1v) is 13.4. The second-order valence-electron chi connectivity index (χ2n) is 12.7. The van der Waals surface area contributed by atoms with E-state index in [1.807, 2.05) is 6.07 Å². The molecule has 9 heteroatoms. The molecule has 0 radical (unpaired) electrons. The van der Waals surface area contributed by atoms with E-state index in [2.05, 4.69) is 0 Å². The third kappa shape index (κ3) is 3.14. The van der Waals surface area contributed by atoms with E-state index in [1.165, 1.54) is 19.9 Å². The number of aliphatic hydroxyl groups excluding tert-OH is 1. The van der Waals surface area contributed by atoms with Gasteiger partial charge in [-0.2, -0.15) is 0 Å². The Labute approximate surface area is 232 Å². The Hall–Kier alpha value is -3.40. The number of nitrogens with two attached hydrogens (primary N) is 1. The van der Waals surface area contributed by atoms with Gasteiger partial charge in [0.1, 0.15) is 11.9 Å². The van der Waals surface area contributed by atoms with Gasteiger partial charge in [-0.25, -0.2) is 0 Å². The molecule has 0 saturated heterocycles. The summed E-state index contributed by atoms with van der Waals surface area (Å²) in [7, 11) is 0. The number of carbonyl (C=O) groups is 4. The van der Waals surface area contributed by atoms with Crippen LogP contribution in [0.25, 0.3) is 11.1 Å². The molecule has 9 nitrogen and oxygen atoms in total. The zero-order valence-corrected chi connectivity index (χ0v) is 23.1. The van der Waals surface area contributed by atoms with Crippen LogP contribution >= 0.6 is 0 Å². The first-order valence-electron chi connectivity index (χ1n) is 13.4. The highest BCUT2D eigenvalue weighted by Gasteiger charge is 2.78. The van der Waals surface area contributed by atoms with Crippen LogP contribution in [0, 0.1) is 34.5 Å². The van der Waals surface area contributed by atoms with Crippen LogP contribution in [0.2, 0.25) is 0 Å². The molecular formula is C31H35NO8. The van der Waals surface area contributed by atoms with Crippen LogP contribution < -0.4 is 5.73 Å². The monoisotopic (exact) mass is 549 g/mol. The Kier molecular flexibility index (Phi) is 6.02. The Morgan fingerprint density at radius 3 is 2.12 bits per heavy atom. The van der Waals surface area contributed by atoms with Crippen LogP contribution in [0.15, 0.2) is 42.5 Å². The number of phenols is 1. The standard InChI is InChI=1S/C31H35NO8/c1-14(2)20-24(35)19(27(32)38)25(36)31(40)26(37)22-23(34)18-17(33)12-11-16(15-9-7-6-8-10-15)21(18)30(5,39)28(22,3)13-29(20,31)4/h6-12,14,19-20,22,26,33,37,39-40H,13H2,1-5H3,(H2,32,38)/t19-,20+,22-,26?,28-,29-,30-,31+/m1/s1. The average Bonchev–Trinajstić information content (AvgIpc) is 2.85. The van der Waals surface area contributed by atoms with E-state index in [1.54, 1.807) is 51.1 Å². The fraction of sp³-hybridized carbons (Fsp3) is 0.484. The number of benzene rings is 2. The van der Waals surface area contributed by atoms with Gasteiger partial charge in [-0.05, 0) is 36.5 Å². The highest BCUT2D eigenvalue weighted by molar-refractivity contribution is 6.24. The smallest absolute Gasteiger partial charge is 0.235 e. The van der Waals surface area contributed by atoms with Gasteiger partial charge in [0, 0.05) is 22.3 Å². The first kappa shape index (κ1) is 28.1. The average molecular weight is 550 g/mol. The van der Waals surface area contributed by atoms with Crippen molar-refractivity contribution in [3.05, 3.63) is 53.6 Å². The quantitative estimate of drug-likeness (QED) is 0.362. The van der Waals surface area contributed by atoms with Gasteiger partial charge in [0.05, 0.1) is 17.1 Å². The van der Waals surface area contributed by atoms with Crippen molar-refractivity contribution in [1.29, 1.82) is 0 Å². The molecule has 2 aromatic rings. The predicted octanol–water partition coefficient (Wildman–Crippen LogP) is 2.11. The minimum atomic E-state index is -2.71. The van der Waals surface area contributed by atoms with E-state index in [4.69, 9.17) is 5.73 Å². The number of ketones is 3. The molecule has 0 heterocycles. The van der Waals surface area contributed by atoms with Gasteiger partial charge in [0.2, 0.25) is 5.91 Å². The Balaban J connectivity index is 1.83. The molecule has 0 bridgehead atoms. The predicted molar refractivity (Wildman–Crippen MR) is 144 cm³/mol. The Morgan fingerprint density at radius 2 is 1.57 bits per heavy atom. The summed E-state index contributed by atoms with van der Waals surface area (Å²) in [6.07, 6.45) is -2.35. The molecule has 3 aliphatic carbocycles. The molecule has 40 heavy (non-hydrogen) atoms. The summed E-state index contributed by atoms with van der Waals surface area (Å²) in [6.45, 7) is 7.98. The molecular weight excluding hydrogens is 514 g/mol. The van der Waals surface area contributed by atoms with E-state index < -0.39 is 80.8 Å². The fourth-order valence-corrected chi connectivity index (χ4v) is 8.44. The summed E-state index contributed by atoms with van der Waals surface area (Å²) in [4.78, 5) is 54.0. The van der Waals surface area contributed by atoms with E-state index >= 15 is 0 Å². The number of rotatable bonds is 3. The lowest BCUT2D eigenvalue weighted by molar-refractivity contribution is -0.269. The number of Topliss-reactive ketones (excluding diaryl/α,β-unsaturated/α-hetero) is 3. The van der Waals surface area contributed by atoms with Crippen LogP contribution in [0.3, 0.4) is 0 Å². The third-order valence-corrected chi connectivity index (χ3v) is 10.3. The number of aliphatic hydroxyl groups is 3. The van der Waals surface area contributed by atoms with E-state index in [0.29, 0.717) is 11.1 Å². The summed E-state index contributed by atoms with van der Waals surface area (Å²) in [6, 6.07) is 11.9. The topological polar surface area (TPSA) is 175 Å². The summed E-state index contributed by atoms with van der Waals surface area (Å²) in [5, 5.41) is 47.5. The number of aromatic hydroxyl groups is 1. The second-order valence-corrected chi connectivity index (χ2v) is 12.7. The molecule has 5 rings (SSSR count). The lowest BCUT2D eigenvalue weighted by atomic mass is 9.37. The lowest BCUT2D eigenvalue weighted by Gasteiger charge is -2.67. The van der Waals surface area contributed by atoms with E-state index in [0.717, 1.165) is 0 Å². The van der Waals surface area contributed by atoms with Crippen LogP contribution in [0.5, 0.6) is 5.75 Å². The van der Waals surface area contributed by atoms with Gasteiger partial charge in [0.25, 0.3) is 0 Å². The van der Waals surface area contributed by atoms with Crippen molar-refractivity contribution in [3.63, 3.8) is 0 Å². The molecule has 1 unspecified atom stereocenters. The summed E-state index contributed by atoms with van der Waals surface area (Å²) in [5.74, 6) is -9.58. The summed E-state index contributed by atoms with van der Waals surface area (Å²) < 4.78 is 0. The maximum absolute atomic E-state index is 14.3. The largest absolute Gasteiger partial charge is 0.507 e. The van der Waals surface area contributed by atoms with Gasteiger partial charge in [-0.3, -0.25) is 19.2 Å². The number of fused-ring (bicyclic) bond motifs is 3. The number of amides is 1. The van der Waals surface area contributed by atoms with Gasteiger partial charge in [-0.1, -0.05) is 64.1 Å². The fourth-order valence-electron chi connectivity index (χ4n) is 8.44. The number of primary amides is 1. The molecule has 3 aliphatic rings. The molecule has 0 aromatic heterocycles. The minimum absolute atomic E-state index is 0.160. The van der Waals surface area contributed by atoms with Gasteiger partial charge in [0.15, 0.2) is 28.9 Å². The van der Waals surface area contributed by atoms with E-state index in [-0.39, 0.29) is 17.5 Å². The molecule has 0 aliphatic heterocycles. The van der Waals surface area contributed by atoms with Crippen molar-refractivity contribution in [2.75, 3.05) is 0 Å². The zero-order chi connectivity index (χ0) is 29.7. The number of carbonyl (C=O) groups excluding carboxylic acids is 4. The Morgan fingerprint density at radius 1 is 0.975 bits per heavy atom. The number of hydrogen-bond acceptors (Lipinski definition) is 8. The van der Waals surface area contributed by atoms with E-state index in [9.17, 15) is 39.6 Å². The van der Waals surface area contributed by atoms with Crippen molar-refractivity contribution in [2.45, 2.75) is 58.3 Å². The van der Waals surface area contributed by atoms with Crippen molar-refractivity contribution in [3.8, 4) is 16.9 Å². The molecule has 2 aromatic carbocycles. The van der Waals surface area contributed by atoms with Gasteiger partial charge < -0.3 is 26.2 Å². The molecule has 8 atom stereocenters. The summed E-state index contributed by atoms with van der Waals surface area (Å²) in [5.41, 5.74) is -1.25. The lowest BCUT2D eigenvalue weighted by Crippen LogP contribution is -2.80. The molecule has 0 spiro atoms. The van der Waals surface area contributed by atoms with Crippen LogP contribution in [0.4, 0.5) is 0 Å². The maximum Gasteiger partial charge on any atom is 0.235 e. The van der Waals surface area contributed by atoms with Gasteiger partial charge in [-0.15, -0.1) is 0 Å². The van der Waals surface area contributed by atoms with Crippen molar-refractivity contribution < 1.29 is 39.6 Å². The zero-order valence-electron chi connectivity index (χ0n) is 23.1. The molecule has 2 fully saturated rings. The highest BCUT2D eigenvalue weighted by atomic mass is 16.4. The molecule has 2 saturated carbocycles. The molecule has 212 valence electrons. The normalized spacial score (nSPS) is 39.0. The van der Waals surface area contributed by atoms with Crippen molar-refractivity contribution in [1.82, 2.24) is 0 Å². The second kappa shape index (κ2) is 8.55. The highest BCUT2D eigenvalue weighted by Crippen LogP contribution is 2.69. The SMILES string of the molecule is CC(C)[C@H]1C(=O)[C@@H](C(N)=O)C(=O)[C@]2(O)C(O)[C@H]3C(=O)c4c(O)ccc(-c5ccccc5)c4[C@@](C)(O)[C@]3(C)C[C@]12C. The minimum Gasteiger partial charge on any atom is -0.507 e. The summed E-state index contributed by atoms with van der Waals surface area (Å²) >= 11 is 0. The maximum atomic E-state index is 14.3. The van der Waals surface area contributed by atoms with Crippen LogP contribution in [-0.4, -0.2) is 55.4 Å². The van der Waals surface area contributed by atoms with Gasteiger partial charge >= 0.3 is 0 Å². The van der Waals surface area contributed by atoms with Crippen molar-refractivity contribution >= 4 is 23.3 Å². The van der Waals surface area contributed by atoms with Crippen LogP contribution in [-0.2, 0) is 20.0 Å². The Bertz CT molecular complexity index is 1470. The molecule has 6 N–H and O–H groups in total.